The summed E-state index contributed by atoms with van der Waals surface area (Å²) in [7, 11) is -3.46. The molecule has 0 saturated carbocycles. The Hall–Kier alpha value is -0.470. The predicted octanol–water partition coefficient (Wildman–Crippen LogP) is 1.56. The Balaban J connectivity index is 1.95. The lowest BCUT2D eigenvalue weighted by molar-refractivity contribution is 0.265. The van der Waals surface area contributed by atoms with Crippen LogP contribution in [0.2, 0.25) is 0 Å². The fourth-order valence-electron chi connectivity index (χ4n) is 2.57. The van der Waals surface area contributed by atoms with Crippen molar-refractivity contribution in [2.24, 2.45) is 5.92 Å². The maximum atomic E-state index is 12.3. The Morgan fingerprint density at radius 3 is 2.76 bits per heavy atom. The maximum absolute atomic E-state index is 12.3. The maximum Gasteiger partial charge on any atom is 0.250 e. The normalized spacial score (nSPS) is 20.5. The number of aliphatic hydroxyl groups excluding tert-OH is 1. The zero-order valence-corrected chi connectivity index (χ0v) is 14.4. The number of hydrogen-bond donors (Lipinski definition) is 2. The summed E-state index contributed by atoms with van der Waals surface area (Å²) in [5.41, 5.74) is 0.828. The summed E-state index contributed by atoms with van der Waals surface area (Å²) in [5, 5.41) is 9.17. The zero-order chi connectivity index (χ0) is 15.6. The van der Waals surface area contributed by atoms with Crippen molar-refractivity contribution in [2.45, 2.75) is 44.0 Å². The molecule has 21 heavy (non-hydrogen) atoms. The van der Waals surface area contributed by atoms with Gasteiger partial charge in [-0.05, 0) is 51.3 Å². The molecule has 1 aliphatic rings. The first-order valence-corrected chi connectivity index (χ1v) is 9.57. The highest BCUT2D eigenvalue weighted by Crippen LogP contribution is 2.26. The van der Waals surface area contributed by atoms with E-state index in [1.165, 1.54) is 0 Å². The van der Waals surface area contributed by atoms with E-state index in [0.29, 0.717) is 27.6 Å². The van der Waals surface area contributed by atoms with Crippen LogP contribution in [0, 0.1) is 12.8 Å². The van der Waals surface area contributed by atoms with Gasteiger partial charge in [0.25, 0.3) is 0 Å². The molecule has 1 unspecified atom stereocenters. The highest BCUT2D eigenvalue weighted by molar-refractivity contribution is 7.91. The van der Waals surface area contributed by atoms with Crippen LogP contribution in [-0.2, 0) is 16.6 Å². The third kappa shape index (κ3) is 4.04. The van der Waals surface area contributed by atoms with Crippen LogP contribution < -0.4 is 4.72 Å². The van der Waals surface area contributed by atoms with Gasteiger partial charge in [-0.1, -0.05) is 0 Å². The van der Waals surface area contributed by atoms with Crippen molar-refractivity contribution in [2.75, 3.05) is 19.6 Å². The van der Waals surface area contributed by atoms with Gasteiger partial charge in [0, 0.05) is 24.0 Å². The van der Waals surface area contributed by atoms with E-state index in [-0.39, 0.29) is 6.61 Å². The lowest BCUT2D eigenvalue weighted by atomic mass is 10.1. The number of rotatable bonds is 6. The first kappa shape index (κ1) is 16.9. The van der Waals surface area contributed by atoms with Gasteiger partial charge in [0.2, 0.25) is 10.0 Å². The predicted molar refractivity (Wildman–Crippen MR) is 85.0 cm³/mol. The molecule has 1 aliphatic heterocycles. The summed E-state index contributed by atoms with van der Waals surface area (Å²) in [4.78, 5) is 3.08. The monoisotopic (exact) mass is 332 g/mol. The summed E-state index contributed by atoms with van der Waals surface area (Å²) in [5.74, 6) is 0.376. The van der Waals surface area contributed by atoms with Gasteiger partial charge in [0.1, 0.15) is 4.21 Å². The van der Waals surface area contributed by atoms with E-state index in [1.54, 1.807) is 6.07 Å². The second kappa shape index (κ2) is 6.75. The summed E-state index contributed by atoms with van der Waals surface area (Å²) < 4.78 is 27.6. The second-order valence-electron chi connectivity index (χ2n) is 5.93. The van der Waals surface area contributed by atoms with Crippen LogP contribution in [0.4, 0.5) is 0 Å². The molecule has 0 aliphatic carbocycles. The van der Waals surface area contributed by atoms with Crippen molar-refractivity contribution < 1.29 is 13.5 Å². The fraction of sp³-hybridized carbons (Fsp3) is 0.714. The molecule has 0 spiro atoms. The number of thiophene rings is 1. The summed E-state index contributed by atoms with van der Waals surface area (Å²) in [6.45, 7) is 8.50. The highest BCUT2D eigenvalue weighted by atomic mass is 32.2. The SMILES string of the molecule is Cc1cc(S(=O)(=O)NCC2CCN(C(C)C)C2)sc1CO. The van der Waals surface area contributed by atoms with E-state index < -0.39 is 10.0 Å². The standard InChI is InChI=1S/C14H24N2O3S2/c1-10(2)16-5-4-12(8-16)7-15-21(18,19)14-6-11(3)13(9-17)20-14/h6,10,12,15,17H,4-5,7-9H2,1-3H3. The van der Waals surface area contributed by atoms with E-state index >= 15 is 0 Å². The molecule has 1 atom stereocenters. The minimum Gasteiger partial charge on any atom is -0.391 e. The number of likely N-dealkylation sites (tertiary alicyclic amines) is 1. The molecule has 2 N–H and O–H groups in total. The molecule has 2 rings (SSSR count). The van der Waals surface area contributed by atoms with Gasteiger partial charge in [-0.25, -0.2) is 13.1 Å². The number of sulfonamides is 1. The van der Waals surface area contributed by atoms with E-state index in [4.69, 9.17) is 0 Å². The van der Waals surface area contributed by atoms with Crippen molar-refractivity contribution in [3.63, 3.8) is 0 Å². The molecular weight excluding hydrogens is 308 g/mol. The molecule has 2 heterocycles. The Kier molecular flexibility index (Phi) is 5.43. The Labute approximate surface area is 131 Å². The Morgan fingerprint density at radius 1 is 1.52 bits per heavy atom. The number of aliphatic hydroxyl groups is 1. The minimum atomic E-state index is -3.46. The van der Waals surface area contributed by atoms with Crippen molar-refractivity contribution in [3.05, 3.63) is 16.5 Å². The molecular formula is C14H24N2O3S2. The summed E-state index contributed by atoms with van der Waals surface area (Å²) in [6, 6.07) is 2.15. The fourth-order valence-corrected chi connectivity index (χ4v) is 5.18. The van der Waals surface area contributed by atoms with Gasteiger partial charge in [-0.2, -0.15) is 0 Å². The molecule has 7 heteroatoms. The van der Waals surface area contributed by atoms with E-state index in [9.17, 15) is 13.5 Å². The molecule has 0 aromatic carbocycles. The summed E-state index contributed by atoms with van der Waals surface area (Å²) >= 11 is 1.14. The van der Waals surface area contributed by atoms with Crippen LogP contribution in [0.15, 0.2) is 10.3 Å². The van der Waals surface area contributed by atoms with Gasteiger partial charge in [-0.15, -0.1) is 11.3 Å². The molecule has 1 aromatic rings. The lowest BCUT2D eigenvalue weighted by Crippen LogP contribution is -2.32. The zero-order valence-electron chi connectivity index (χ0n) is 12.8. The molecule has 0 bridgehead atoms. The average molecular weight is 332 g/mol. The van der Waals surface area contributed by atoms with Gasteiger partial charge in [-0.3, -0.25) is 0 Å². The van der Waals surface area contributed by atoms with E-state index in [0.717, 1.165) is 36.4 Å². The quantitative estimate of drug-likeness (QED) is 0.829. The van der Waals surface area contributed by atoms with Crippen LogP contribution in [-0.4, -0.2) is 44.1 Å². The van der Waals surface area contributed by atoms with Gasteiger partial charge >= 0.3 is 0 Å². The molecule has 1 saturated heterocycles. The van der Waals surface area contributed by atoms with Crippen molar-refractivity contribution in [3.8, 4) is 0 Å². The Bertz CT molecular complexity index is 581. The van der Waals surface area contributed by atoms with Crippen molar-refractivity contribution >= 4 is 21.4 Å². The molecule has 0 amide bonds. The van der Waals surface area contributed by atoms with Crippen LogP contribution in [0.25, 0.3) is 0 Å². The third-order valence-corrected chi connectivity index (χ3v) is 7.14. The highest BCUT2D eigenvalue weighted by Gasteiger charge is 2.26. The molecule has 1 fully saturated rings. The third-order valence-electron chi connectivity index (χ3n) is 4.02. The second-order valence-corrected chi connectivity index (χ2v) is 9.06. The van der Waals surface area contributed by atoms with Crippen molar-refractivity contribution in [1.29, 1.82) is 0 Å². The number of hydrogen-bond acceptors (Lipinski definition) is 5. The van der Waals surface area contributed by atoms with E-state index in [1.807, 2.05) is 6.92 Å². The minimum absolute atomic E-state index is 0.113. The summed E-state index contributed by atoms with van der Waals surface area (Å²) in [6.07, 6.45) is 1.03. The van der Waals surface area contributed by atoms with Crippen LogP contribution >= 0.6 is 11.3 Å². The van der Waals surface area contributed by atoms with Crippen LogP contribution in [0.3, 0.4) is 0 Å². The topological polar surface area (TPSA) is 69.6 Å². The first-order valence-electron chi connectivity index (χ1n) is 7.27. The van der Waals surface area contributed by atoms with Crippen molar-refractivity contribution in [1.82, 2.24) is 9.62 Å². The first-order chi connectivity index (χ1) is 9.83. The molecule has 1 aromatic heterocycles. The van der Waals surface area contributed by atoms with Gasteiger partial charge in [0.15, 0.2) is 0 Å². The average Bonchev–Trinajstić information content (AvgIpc) is 3.03. The lowest BCUT2D eigenvalue weighted by Gasteiger charge is -2.20. The van der Waals surface area contributed by atoms with Crippen LogP contribution in [0.1, 0.15) is 30.7 Å². The number of nitrogens with one attached hydrogen (secondary N) is 1. The molecule has 120 valence electrons. The number of aryl methyl sites for hydroxylation is 1. The largest absolute Gasteiger partial charge is 0.391 e. The van der Waals surface area contributed by atoms with Gasteiger partial charge in [0.05, 0.1) is 6.61 Å². The van der Waals surface area contributed by atoms with E-state index in [2.05, 4.69) is 23.5 Å². The Morgan fingerprint density at radius 2 is 2.24 bits per heavy atom. The smallest absolute Gasteiger partial charge is 0.250 e. The van der Waals surface area contributed by atoms with Crippen LogP contribution in [0.5, 0.6) is 0 Å². The number of nitrogens with zero attached hydrogens (tertiary/aromatic N) is 1. The molecule has 5 nitrogen and oxygen atoms in total. The molecule has 0 radical (unpaired) electrons. The van der Waals surface area contributed by atoms with Gasteiger partial charge < -0.3 is 10.0 Å².